The van der Waals surface area contributed by atoms with E-state index in [1.54, 1.807) is 12.1 Å². The maximum atomic E-state index is 12.1. The predicted molar refractivity (Wildman–Crippen MR) is 135 cm³/mol. The Bertz CT molecular complexity index is 1030. The molecule has 0 radical (unpaired) electrons. The lowest BCUT2D eigenvalue weighted by Gasteiger charge is -2.23. The minimum Gasteiger partial charge on any atom is -0.465 e. The van der Waals surface area contributed by atoms with Crippen LogP contribution in [0, 0.1) is 0 Å². The fraction of sp³-hybridized carbons (Fsp3) is 0.414. The molecular weight excluding hydrogens is 440 g/mol. The number of nitrogens with zero attached hydrogens (tertiary/aromatic N) is 2. The van der Waals surface area contributed by atoms with Crippen molar-refractivity contribution in [3.05, 3.63) is 78.1 Å². The van der Waals surface area contributed by atoms with Gasteiger partial charge in [0, 0.05) is 24.4 Å². The second-order valence-electron chi connectivity index (χ2n) is 9.03. The number of carbonyl (C=O) groups excluding carboxylic acids is 1. The average molecular weight is 475 g/mol. The topological polar surface area (TPSA) is 70.5 Å². The molecule has 0 aliphatic carbocycles. The second kappa shape index (κ2) is 13.0. The first-order valence-electron chi connectivity index (χ1n) is 12.6. The van der Waals surface area contributed by atoms with E-state index in [0.717, 1.165) is 74.8 Å². The Balaban J connectivity index is 1.15. The Morgan fingerprint density at radius 2 is 1.77 bits per heavy atom. The maximum Gasteiger partial charge on any atom is 0.338 e. The fourth-order valence-electron chi connectivity index (χ4n) is 4.09. The third-order valence-electron chi connectivity index (χ3n) is 6.12. The molecule has 2 unspecified atom stereocenters. The van der Waals surface area contributed by atoms with E-state index in [0.29, 0.717) is 11.4 Å². The van der Waals surface area contributed by atoms with Gasteiger partial charge in [-0.3, -0.25) is 0 Å². The van der Waals surface area contributed by atoms with Gasteiger partial charge in [0.1, 0.15) is 5.75 Å². The molecule has 1 saturated heterocycles. The van der Waals surface area contributed by atoms with Crippen LogP contribution in [0.4, 0.5) is 0 Å². The predicted octanol–water partition coefficient (Wildman–Crippen LogP) is 6.40. The van der Waals surface area contributed by atoms with Gasteiger partial charge in [0.15, 0.2) is 12.1 Å². The van der Waals surface area contributed by atoms with Gasteiger partial charge in [-0.15, -0.1) is 0 Å². The number of hydrogen-bond donors (Lipinski definition) is 0. The lowest BCUT2D eigenvalue weighted by atomic mass is 10.1. The lowest BCUT2D eigenvalue weighted by Crippen LogP contribution is -2.24. The first-order chi connectivity index (χ1) is 17.2. The Morgan fingerprint density at radius 1 is 1.00 bits per heavy atom. The van der Waals surface area contributed by atoms with Gasteiger partial charge in [0.25, 0.3) is 0 Å². The molecule has 4 rings (SSSR count). The van der Waals surface area contributed by atoms with Crippen LogP contribution in [0.15, 0.2) is 67.0 Å². The van der Waals surface area contributed by atoms with Gasteiger partial charge in [-0.05, 0) is 87.4 Å². The van der Waals surface area contributed by atoms with Crippen LogP contribution in [0.2, 0.25) is 0 Å². The van der Waals surface area contributed by atoms with Gasteiger partial charge in [0.05, 0.1) is 18.3 Å². The van der Waals surface area contributed by atoms with Gasteiger partial charge >= 0.3 is 5.97 Å². The molecule has 2 aromatic carbocycles. The average Bonchev–Trinajstić information content (AvgIpc) is 2.90. The van der Waals surface area contributed by atoms with E-state index in [2.05, 4.69) is 9.97 Å². The molecular formula is C29H34N2O4. The number of aryl methyl sites for hydroxylation is 1. The maximum absolute atomic E-state index is 12.1. The van der Waals surface area contributed by atoms with E-state index in [-0.39, 0.29) is 18.4 Å². The van der Waals surface area contributed by atoms with Crippen LogP contribution in [0.1, 0.15) is 67.8 Å². The van der Waals surface area contributed by atoms with Gasteiger partial charge in [-0.1, -0.05) is 24.6 Å². The molecule has 0 N–H and O–H groups in total. The number of esters is 1. The monoisotopic (exact) mass is 474 g/mol. The van der Waals surface area contributed by atoms with E-state index in [4.69, 9.17) is 14.2 Å². The zero-order valence-corrected chi connectivity index (χ0v) is 20.4. The molecule has 3 aromatic rings. The molecule has 6 nitrogen and oxygen atoms in total. The van der Waals surface area contributed by atoms with Gasteiger partial charge in [0.2, 0.25) is 0 Å². The molecule has 1 aromatic heterocycles. The minimum atomic E-state index is -0.254. The van der Waals surface area contributed by atoms with Crippen molar-refractivity contribution >= 4 is 5.97 Å². The van der Waals surface area contributed by atoms with E-state index in [9.17, 15) is 4.79 Å². The Morgan fingerprint density at radius 3 is 2.49 bits per heavy atom. The lowest BCUT2D eigenvalue weighted by molar-refractivity contribution is -0.105. The van der Waals surface area contributed by atoms with Gasteiger partial charge in [-0.25, -0.2) is 14.8 Å². The number of benzene rings is 2. The fourth-order valence-corrected chi connectivity index (χ4v) is 4.09. The summed E-state index contributed by atoms with van der Waals surface area (Å²) in [6, 6.07) is 17.0. The normalized spacial score (nSPS) is 16.4. The molecule has 0 saturated carbocycles. The highest BCUT2D eigenvalue weighted by Gasteiger charge is 2.15. The van der Waals surface area contributed by atoms with Crippen LogP contribution in [0.3, 0.4) is 0 Å². The quantitative estimate of drug-likeness (QED) is 0.237. The molecule has 0 amide bonds. The largest absolute Gasteiger partial charge is 0.465 e. The van der Waals surface area contributed by atoms with Crippen molar-refractivity contribution in [1.82, 2.24) is 9.97 Å². The zero-order chi connectivity index (χ0) is 24.3. The number of rotatable bonds is 11. The van der Waals surface area contributed by atoms with Crippen molar-refractivity contribution in [3.8, 4) is 17.1 Å². The molecule has 0 spiro atoms. The SMILES string of the molecule is CC(CCCCCc1cnc(-c2ccc(OC3CCCCO3)cc2)nc1)OC(=O)c1ccccc1. The van der Waals surface area contributed by atoms with Crippen molar-refractivity contribution < 1.29 is 19.0 Å². The number of carbonyl (C=O) groups is 1. The van der Waals surface area contributed by atoms with Crippen LogP contribution in [-0.4, -0.2) is 34.9 Å². The van der Waals surface area contributed by atoms with E-state index < -0.39 is 0 Å². The third kappa shape index (κ3) is 7.89. The number of unbranched alkanes of at least 4 members (excludes halogenated alkanes) is 2. The van der Waals surface area contributed by atoms with E-state index in [1.807, 2.05) is 61.8 Å². The van der Waals surface area contributed by atoms with Gasteiger partial charge in [-0.2, -0.15) is 0 Å². The molecule has 1 fully saturated rings. The summed E-state index contributed by atoms with van der Waals surface area (Å²) < 4.78 is 17.1. The van der Waals surface area contributed by atoms with E-state index >= 15 is 0 Å². The molecule has 6 heteroatoms. The third-order valence-corrected chi connectivity index (χ3v) is 6.12. The highest BCUT2D eigenvalue weighted by Crippen LogP contribution is 2.23. The van der Waals surface area contributed by atoms with Crippen molar-refractivity contribution in [2.45, 2.75) is 70.7 Å². The number of hydrogen-bond acceptors (Lipinski definition) is 6. The van der Waals surface area contributed by atoms with Crippen LogP contribution in [-0.2, 0) is 15.9 Å². The van der Waals surface area contributed by atoms with Gasteiger partial charge < -0.3 is 14.2 Å². The summed E-state index contributed by atoms with van der Waals surface area (Å²) in [5, 5.41) is 0. The molecule has 2 atom stereocenters. The van der Waals surface area contributed by atoms with Crippen LogP contribution < -0.4 is 4.74 Å². The summed E-state index contributed by atoms with van der Waals surface area (Å²) in [5.74, 6) is 1.26. The van der Waals surface area contributed by atoms with Crippen LogP contribution >= 0.6 is 0 Å². The highest BCUT2D eigenvalue weighted by atomic mass is 16.7. The molecule has 184 valence electrons. The van der Waals surface area contributed by atoms with Crippen molar-refractivity contribution in [3.63, 3.8) is 0 Å². The first kappa shape index (κ1) is 24.9. The van der Waals surface area contributed by atoms with Crippen molar-refractivity contribution in [2.75, 3.05) is 6.61 Å². The Hall–Kier alpha value is -3.25. The molecule has 1 aliphatic rings. The minimum absolute atomic E-state index is 0.0858. The molecule has 0 bridgehead atoms. The summed E-state index contributed by atoms with van der Waals surface area (Å²) in [5.41, 5.74) is 2.69. The molecule has 35 heavy (non-hydrogen) atoms. The first-order valence-corrected chi connectivity index (χ1v) is 12.6. The summed E-state index contributed by atoms with van der Waals surface area (Å²) in [4.78, 5) is 21.2. The molecule has 1 aliphatic heterocycles. The van der Waals surface area contributed by atoms with Crippen molar-refractivity contribution in [2.24, 2.45) is 0 Å². The smallest absolute Gasteiger partial charge is 0.338 e. The summed E-state index contributed by atoms with van der Waals surface area (Å²) >= 11 is 0. The molecule has 2 heterocycles. The summed E-state index contributed by atoms with van der Waals surface area (Å²) in [7, 11) is 0. The van der Waals surface area contributed by atoms with Crippen LogP contribution in [0.5, 0.6) is 5.75 Å². The van der Waals surface area contributed by atoms with Crippen LogP contribution in [0.25, 0.3) is 11.4 Å². The highest BCUT2D eigenvalue weighted by molar-refractivity contribution is 5.89. The summed E-state index contributed by atoms with van der Waals surface area (Å²) in [6.45, 7) is 2.72. The van der Waals surface area contributed by atoms with Crippen molar-refractivity contribution in [1.29, 1.82) is 0 Å². The van der Waals surface area contributed by atoms with E-state index in [1.165, 1.54) is 0 Å². The summed E-state index contributed by atoms with van der Waals surface area (Å²) in [6.07, 6.45) is 11.7. The number of ether oxygens (including phenoxy) is 3. The number of aromatic nitrogens is 2. The zero-order valence-electron chi connectivity index (χ0n) is 20.4. The Labute approximate surface area is 207 Å². The standard InChI is InChI=1S/C29H34N2O4/c1-22(34-29(32)25-12-6-3-7-13-25)10-4-2-5-11-23-20-30-28(31-21-23)24-15-17-26(18-16-24)35-27-14-8-9-19-33-27/h3,6-7,12-13,15-18,20-22,27H,2,4-5,8-11,14,19H2,1H3. The Kier molecular flexibility index (Phi) is 9.24. The second-order valence-corrected chi connectivity index (χ2v) is 9.03.